The molecule has 0 saturated heterocycles. The Kier molecular flexibility index (Phi) is 8.03. The lowest BCUT2D eigenvalue weighted by atomic mass is 9.90. The Morgan fingerprint density at radius 2 is 2.00 bits per heavy atom. The van der Waals surface area contributed by atoms with Gasteiger partial charge in [-0.3, -0.25) is 19.7 Å². The van der Waals surface area contributed by atoms with Crippen molar-refractivity contribution in [2.45, 2.75) is 19.4 Å². The van der Waals surface area contributed by atoms with Crippen LogP contribution < -0.4 is 0 Å². The number of nitro groups is 1. The van der Waals surface area contributed by atoms with Crippen molar-refractivity contribution in [2.24, 2.45) is 0 Å². The zero-order chi connectivity index (χ0) is 25.8. The number of thiophene rings is 1. The Hall–Kier alpha value is -3.27. The van der Waals surface area contributed by atoms with Crippen molar-refractivity contribution in [3.8, 4) is 0 Å². The highest BCUT2D eigenvalue weighted by molar-refractivity contribution is 7.10. The molecule has 0 N–H and O–H groups in total. The molecule has 2 heterocycles. The van der Waals surface area contributed by atoms with Gasteiger partial charge in [0.1, 0.15) is 11.6 Å². The minimum Gasteiger partial charge on any atom is -0.383 e. The fourth-order valence-electron chi connectivity index (χ4n) is 4.49. The maximum absolute atomic E-state index is 13.7. The fraction of sp³-hybridized carbons (Fsp3) is 0.308. The van der Waals surface area contributed by atoms with Crippen molar-refractivity contribution in [3.05, 3.63) is 96.2 Å². The summed E-state index contributed by atoms with van der Waals surface area (Å²) in [6, 6.07) is 13.7. The zero-order valence-corrected chi connectivity index (χ0v) is 21.6. The third kappa shape index (κ3) is 5.28. The first-order valence-electron chi connectivity index (χ1n) is 11.4. The number of hydrogen-bond acceptors (Lipinski definition) is 6. The van der Waals surface area contributed by atoms with Gasteiger partial charge in [-0.15, -0.1) is 11.3 Å². The van der Waals surface area contributed by atoms with E-state index in [1.165, 1.54) is 29.0 Å². The molecule has 0 saturated carbocycles. The van der Waals surface area contributed by atoms with E-state index in [-0.39, 0.29) is 47.9 Å². The number of methoxy groups -OCH3 is 1. The Balaban J connectivity index is 1.64. The molecule has 1 unspecified atom stereocenters. The summed E-state index contributed by atoms with van der Waals surface area (Å²) in [7, 11) is 1.51. The summed E-state index contributed by atoms with van der Waals surface area (Å²) in [6.07, 6.45) is 0.747. The molecule has 36 heavy (non-hydrogen) atoms. The molecule has 1 aliphatic rings. The molecule has 1 atom stereocenters. The van der Waals surface area contributed by atoms with E-state index in [9.17, 15) is 19.7 Å². The number of ether oxygens (including phenoxy) is 1. The first-order chi connectivity index (χ1) is 17.3. The van der Waals surface area contributed by atoms with Crippen LogP contribution in [0, 0.1) is 17.0 Å². The lowest BCUT2D eigenvalue weighted by Gasteiger charge is -2.38. The third-order valence-electron chi connectivity index (χ3n) is 6.34. The highest BCUT2D eigenvalue weighted by Crippen LogP contribution is 2.39. The highest BCUT2D eigenvalue weighted by atomic mass is 35.5. The Morgan fingerprint density at radius 3 is 2.72 bits per heavy atom. The molecule has 0 spiro atoms. The number of carbonyl (C=O) groups excluding carboxylic acids is 2. The normalized spacial score (nSPS) is 14.9. The molecule has 1 aliphatic heterocycles. The van der Waals surface area contributed by atoms with Crippen molar-refractivity contribution in [1.82, 2.24) is 9.80 Å². The second-order valence-electron chi connectivity index (χ2n) is 8.54. The molecule has 1 aromatic heterocycles. The van der Waals surface area contributed by atoms with E-state index in [1.54, 1.807) is 11.3 Å². The molecule has 0 radical (unpaired) electrons. The number of hydrogen-bond donors (Lipinski definition) is 0. The summed E-state index contributed by atoms with van der Waals surface area (Å²) < 4.78 is 5.16. The molecule has 2 amide bonds. The van der Waals surface area contributed by atoms with Gasteiger partial charge in [0.15, 0.2) is 0 Å². The second kappa shape index (κ2) is 11.2. The number of aryl methyl sites for hydroxylation is 1. The van der Waals surface area contributed by atoms with Crippen LogP contribution in [-0.4, -0.2) is 59.9 Å². The Bertz CT molecular complexity index is 1290. The predicted molar refractivity (Wildman–Crippen MR) is 139 cm³/mol. The number of carbonyl (C=O) groups is 2. The van der Waals surface area contributed by atoms with Crippen molar-refractivity contribution in [2.75, 3.05) is 33.4 Å². The molecule has 188 valence electrons. The number of benzene rings is 2. The molecule has 0 aliphatic carbocycles. The van der Waals surface area contributed by atoms with Gasteiger partial charge in [-0.1, -0.05) is 35.9 Å². The quantitative estimate of drug-likeness (QED) is 0.307. The van der Waals surface area contributed by atoms with Gasteiger partial charge in [-0.05, 0) is 53.6 Å². The van der Waals surface area contributed by atoms with Crippen LogP contribution >= 0.6 is 22.9 Å². The summed E-state index contributed by atoms with van der Waals surface area (Å²) in [5.41, 5.74) is 2.97. The molecule has 2 aromatic carbocycles. The van der Waals surface area contributed by atoms with E-state index in [1.807, 2.05) is 41.5 Å². The van der Waals surface area contributed by atoms with E-state index in [0.717, 1.165) is 29.2 Å². The summed E-state index contributed by atoms with van der Waals surface area (Å²) >= 11 is 7.61. The van der Waals surface area contributed by atoms with Crippen LogP contribution in [0.15, 0.2) is 53.9 Å². The van der Waals surface area contributed by atoms with Gasteiger partial charge in [0.25, 0.3) is 11.6 Å². The average Bonchev–Trinajstić information content (AvgIpc) is 3.35. The van der Waals surface area contributed by atoms with Crippen LogP contribution in [0.3, 0.4) is 0 Å². The smallest absolute Gasteiger partial charge is 0.288 e. The molecule has 3 aromatic rings. The van der Waals surface area contributed by atoms with Crippen LogP contribution in [0.5, 0.6) is 0 Å². The number of nitro benzene ring substituents is 1. The van der Waals surface area contributed by atoms with Gasteiger partial charge in [-0.25, -0.2) is 0 Å². The van der Waals surface area contributed by atoms with Crippen LogP contribution in [0.4, 0.5) is 5.69 Å². The summed E-state index contributed by atoms with van der Waals surface area (Å²) in [6.45, 7) is 2.75. The topological polar surface area (TPSA) is 93.0 Å². The molecular formula is C26H26ClN3O5S. The standard InChI is InChI=1S/C26H26ClN3O5S/c1-17-5-3-4-6-19(17)25-20-10-14-36-23(20)9-11-29(25)24(31)16-28(12-13-35-2)26(32)18-7-8-21(27)22(15-18)30(33)34/h3-8,10,14-15,25H,9,11-13,16H2,1-2H3. The van der Waals surface area contributed by atoms with Gasteiger partial charge in [-0.2, -0.15) is 0 Å². The summed E-state index contributed by atoms with van der Waals surface area (Å²) in [5.74, 6) is -0.700. The number of nitrogens with zero attached hydrogens (tertiary/aromatic N) is 3. The molecule has 10 heteroatoms. The van der Waals surface area contributed by atoms with E-state index in [4.69, 9.17) is 16.3 Å². The summed E-state index contributed by atoms with van der Waals surface area (Å²) in [5, 5.41) is 13.3. The molecule has 4 rings (SSSR count). The van der Waals surface area contributed by atoms with Gasteiger partial charge >= 0.3 is 0 Å². The van der Waals surface area contributed by atoms with Crippen LogP contribution in [0.25, 0.3) is 0 Å². The van der Waals surface area contributed by atoms with Gasteiger partial charge in [0.05, 0.1) is 17.6 Å². The first-order valence-corrected chi connectivity index (χ1v) is 12.7. The van der Waals surface area contributed by atoms with E-state index in [0.29, 0.717) is 6.54 Å². The van der Waals surface area contributed by atoms with Gasteiger partial charge in [0, 0.05) is 36.7 Å². The van der Waals surface area contributed by atoms with Gasteiger partial charge < -0.3 is 14.5 Å². The lowest BCUT2D eigenvalue weighted by molar-refractivity contribution is -0.384. The molecule has 8 nitrogen and oxygen atoms in total. The number of rotatable bonds is 8. The highest BCUT2D eigenvalue weighted by Gasteiger charge is 2.35. The van der Waals surface area contributed by atoms with Crippen LogP contribution in [0.1, 0.15) is 38.0 Å². The first kappa shape index (κ1) is 25.8. The van der Waals surface area contributed by atoms with Crippen molar-refractivity contribution in [1.29, 1.82) is 0 Å². The average molecular weight is 528 g/mol. The molecular weight excluding hydrogens is 502 g/mol. The minimum atomic E-state index is -0.636. The Labute approximate surface area is 218 Å². The Morgan fingerprint density at radius 1 is 1.22 bits per heavy atom. The van der Waals surface area contributed by atoms with Crippen LogP contribution in [-0.2, 0) is 16.0 Å². The van der Waals surface area contributed by atoms with E-state index in [2.05, 4.69) is 6.07 Å². The maximum atomic E-state index is 13.7. The van der Waals surface area contributed by atoms with Crippen LogP contribution in [0.2, 0.25) is 5.02 Å². The number of halogens is 1. The zero-order valence-electron chi connectivity index (χ0n) is 20.0. The SMILES string of the molecule is COCCN(CC(=O)N1CCc2sccc2C1c1ccccc1C)C(=O)c1ccc(Cl)c([N+](=O)[O-])c1. The van der Waals surface area contributed by atoms with Crippen molar-refractivity contribution >= 4 is 40.4 Å². The number of fused-ring (bicyclic) bond motifs is 1. The minimum absolute atomic E-state index is 0.0583. The second-order valence-corrected chi connectivity index (χ2v) is 9.95. The van der Waals surface area contributed by atoms with E-state index < -0.39 is 10.8 Å². The van der Waals surface area contributed by atoms with Gasteiger partial charge in [0.2, 0.25) is 5.91 Å². The maximum Gasteiger partial charge on any atom is 0.288 e. The third-order valence-corrected chi connectivity index (χ3v) is 7.65. The van der Waals surface area contributed by atoms with E-state index >= 15 is 0 Å². The fourth-order valence-corrected chi connectivity index (χ4v) is 5.58. The van der Waals surface area contributed by atoms with Crippen molar-refractivity contribution in [3.63, 3.8) is 0 Å². The number of amides is 2. The predicted octanol–water partition coefficient (Wildman–Crippen LogP) is 4.88. The monoisotopic (exact) mass is 527 g/mol. The lowest BCUT2D eigenvalue weighted by Crippen LogP contribution is -2.47. The van der Waals surface area contributed by atoms with Crippen molar-refractivity contribution < 1.29 is 19.2 Å². The molecule has 0 fully saturated rings. The summed E-state index contributed by atoms with van der Waals surface area (Å²) in [4.78, 5) is 42.2. The largest absolute Gasteiger partial charge is 0.383 e. The molecule has 0 bridgehead atoms.